The summed E-state index contributed by atoms with van der Waals surface area (Å²) in [6.07, 6.45) is 1.10. The zero-order valence-corrected chi connectivity index (χ0v) is 12.0. The Morgan fingerprint density at radius 1 is 1.21 bits per heavy atom. The third-order valence-electron chi connectivity index (χ3n) is 4.01. The molecule has 106 valence electrons. The molecule has 1 aliphatic rings. The van der Waals surface area contributed by atoms with Gasteiger partial charge in [-0.25, -0.2) is 0 Å². The molecular weight excluding hydrogens is 240 g/mol. The summed E-state index contributed by atoms with van der Waals surface area (Å²) in [5.41, 5.74) is 7.18. The molecule has 2 rings (SSSR count). The predicted octanol–water partition coefficient (Wildman–Crippen LogP) is 1.74. The number of piperidine rings is 1. The van der Waals surface area contributed by atoms with Gasteiger partial charge < -0.3 is 20.5 Å². The van der Waals surface area contributed by atoms with Crippen LogP contribution in [0, 0.1) is 5.92 Å². The number of benzene rings is 1. The summed E-state index contributed by atoms with van der Waals surface area (Å²) in [6, 6.07) is 6.64. The quantitative estimate of drug-likeness (QED) is 0.870. The summed E-state index contributed by atoms with van der Waals surface area (Å²) in [4.78, 5) is 0. The van der Waals surface area contributed by atoms with Gasteiger partial charge in [-0.15, -0.1) is 0 Å². The molecule has 1 heterocycles. The molecule has 0 radical (unpaired) electrons. The fourth-order valence-electron chi connectivity index (χ4n) is 2.85. The maximum absolute atomic E-state index is 5.92. The molecule has 4 heteroatoms. The second kappa shape index (κ2) is 6.26. The van der Waals surface area contributed by atoms with Gasteiger partial charge in [0.25, 0.3) is 0 Å². The Morgan fingerprint density at radius 2 is 1.84 bits per heavy atom. The summed E-state index contributed by atoms with van der Waals surface area (Å²) in [5.74, 6) is 2.62. The number of hydrogen-bond donors (Lipinski definition) is 2. The number of hydrogen-bond acceptors (Lipinski definition) is 4. The van der Waals surface area contributed by atoms with Crippen molar-refractivity contribution in [3.63, 3.8) is 0 Å². The predicted molar refractivity (Wildman–Crippen MR) is 76.9 cm³/mol. The molecule has 1 saturated heterocycles. The first-order chi connectivity index (χ1) is 9.17. The van der Waals surface area contributed by atoms with Crippen LogP contribution in [-0.4, -0.2) is 33.4 Å². The third-order valence-corrected chi connectivity index (χ3v) is 4.01. The Kier molecular flexibility index (Phi) is 4.66. The van der Waals surface area contributed by atoms with E-state index in [9.17, 15) is 0 Å². The Bertz CT molecular complexity index is 400. The first kappa shape index (κ1) is 14.2. The Labute approximate surface area is 115 Å². The van der Waals surface area contributed by atoms with Crippen molar-refractivity contribution in [1.82, 2.24) is 5.32 Å². The lowest BCUT2D eigenvalue weighted by Crippen LogP contribution is -2.44. The highest BCUT2D eigenvalue weighted by atomic mass is 16.5. The largest absolute Gasteiger partial charge is 0.497 e. The molecule has 3 unspecified atom stereocenters. The van der Waals surface area contributed by atoms with Crippen LogP contribution in [0.3, 0.4) is 0 Å². The number of ether oxygens (including phenoxy) is 2. The highest BCUT2D eigenvalue weighted by Gasteiger charge is 2.29. The summed E-state index contributed by atoms with van der Waals surface area (Å²) in [5, 5.41) is 3.50. The van der Waals surface area contributed by atoms with Gasteiger partial charge in [0.2, 0.25) is 0 Å². The van der Waals surface area contributed by atoms with Gasteiger partial charge in [0.05, 0.1) is 14.2 Å². The minimum atomic E-state index is 0.463. The molecule has 1 fully saturated rings. The zero-order chi connectivity index (χ0) is 13.8. The maximum atomic E-state index is 5.92. The first-order valence-electron chi connectivity index (χ1n) is 6.84. The highest BCUT2D eigenvalue weighted by molar-refractivity contribution is 5.40. The average molecular weight is 264 g/mol. The van der Waals surface area contributed by atoms with Crippen molar-refractivity contribution in [2.24, 2.45) is 11.7 Å². The van der Waals surface area contributed by atoms with Gasteiger partial charge in [-0.2, -0.15) is 0 Å². The van der Waals surface area contributed by atoms with Crippen molar-refractivity contribution in [1.29, 1.82) is 0 Å². The molecule has 19 heavy (non-hydrogen) atoms. The smallest absolute Gasteiger partial charge is 0.122 e. The number of nitrogens with two attached hydrogens (primary N) is 1. The van der Waals surface area contributed by atoms with Crippen LogP contribution in [0.5, 0.6) is 11.5 Å². The van der Waals surface area contributed by atoms with Crippen molar-refractivity contribution < 1.29 is 9.47 Å². The van der Waals surface area contributed by atoms with Crippen LogP contribution in [0.4, 0.5) is 0 Å². The SMILES string of the molecule is COc1cc(OC)cc(C2CC(C)NCC2CN)c1. The minimum absolute atomic E-state index is 0.463. The van der Waals surface area contributed by atoms with Crippen molar-refractivity contribution >= 4 is 0 Å². The highest BCUT2D eigenvalue weighted by Crippen LogP contribution is 2.36. The Balaban J connectivity index is 2.31. The Hall–Kier alpha value is -1.26. The lowest BCUT2D eigenvalue weighted by Gasteiger charge is -2.35. The number of nitrogens with one attached hydrogen (secondary N) is 1. The topological polar surface area (TPSA) is 56.5 Å². The van der Waals surface area contributed by atoms with Crippen LogP contribution in [0.1, 0.15) is 24.8 Å². The van der Waals surface area contributed by atoms with E-state index in [0.29, 0.717) is 24.4 Å². The molecule has 0 aromatic heterocycles. The summed E-state index contributed by atoms with van der Waals surface area (Å²) in [6.45, 7) is 3.89. The average Bonchev–Trinajstić information content (AvgIpc) is 2.46. The molecule has 3 atom stereocenters. The zero-order valence-electron chi connectivity index (χ0n) is 12.0. The lowest BCUT2D eigenvalue weighted by molar-refractivity contribution is 0.283. The summed E-state index contributed by atoms with van der Waals surface area (Å²) < 4.78 is 10.7. The molecule has 1 aromatic carbocycles. The molecule has 1 aromatic rings. The van der Waals surface area contributed by atoms with E-state index >= 15 is 0 Å². The molecule has 1 aliphatic heterocycles. The number of rotatable bonds is 4. The molecule has 0 aliphatic carbocycles. The fourth-order valence-corrected chi connectivity index (χ4v) is 2.85. The van der Waals surface area contributed by atoms with Crippen molar-refractivity contribution in [2.75, 3.05) is 27.3 Å². The van der Waals surface area contributed by atoms with Crippen LogP contribution >= 0.6 is 0 Å². The monoisotopic (exact) mass is 264 g/mol. The van der Waals surface area contributed by atoms with E-state index in [1.807, 2.05) is 6.07 Å². The van der Waals surface area contributed by atoms with Gasteiger partial charge in [0, 0.05) is 12.1 Å². The first-order valence-corrected chi connectivity index (χ1v) is 6.84. The van der Waals surface area contributed by atoms with Gasteiger partial charge >= 0.3 is 0 Å². The van der Waals surface area contributed by atoms with Crippen LogP contribution < -0.4 is 20.5 Å². The van der Waals surface area contributed by atoms with Crippen molar-refractivity contribution in [2.45, 2.75) is 25.3 Å². The van der Waals surface area contributed by atoms with E-state index in [4.69, 9.17) is 15.2 Å². The molecule has 3 N–H and O–H groups in total. The van der Waals surface area contributed by atoms with E-state index in [2.05, 4.69) is 24.4 Å². The van der Waals surface area contributed by atoms with E-state index in [0.717, 1.165) is 24.5 Å². The van der Waals surface area contributed by atoms with Crippen LogP contribution in [0.15, 0.2) is 18.2 Å². The normalized spacial score (nSPS) is 27.1. The van der Waals surface area contributed by atoms with Crippen LogP contribution in [-0.2, 0) is 0 Å². The molecule has 0 amide bonds. The molecule has 0 saturated carbocycles. The molecular formula is C15H24N2O2. The lowest BCUT2D eigenvalue weighted by atomic mass is 9.78. The van der Waals surface area contributed by atoms with E-state index in [1.54, 1.807) is 14.2 Å². The van der Waals surface area contributed by atoms with E-state index < -0.39 is 0 Å². The second-order valence-corrected chi connectivity index (χ2v) is 5.29. The fraction of sp³-hybridized carbons (Fsp3) is 0.600. The Morgan fingerprint density at radius 3 is 2.37 bits per heavy atom. The summed E-state index contributed by atoms with van der Waals surface area (Å²) >= 11 is 0. The van der Waals surface area contributed by atoms with E-state index in [1.165, 1.54) is 5.56 Å². The molecule has 4 nitrogen and oxygen atoms in total. The second-order valence-electron chi connectivity index (χ2n) is 5.29. The summed E-state index contributed by atoms with van der Waals surface area (Å²) in [7, 11) is 3.37. The van der Waals surface area contributed by atoms with E-state index in [-0.39, 0.29) is 0 Å². The van der Waals surface area contributed by atoms with Crippen LogP contribution in [0.2, 0.25) is 0 Å². The minimum Gasteiger partial charge on any atom is -0.497 e. The number of methoxy groups -OCH3 is 2. The van der Waals surface area contributed by atoms with Gasteiger partial charge in [-0.1, -0.05) is 0 Å². The van der Waals surface area contributed by atoms with Crippen LogP contribution in [0.25, 0.3) is 0 Å². The van der Waals surface area contributed by atoms with Gasteiger partial charge in [-0.3, -0.25) is 0 Å². The van der Waals surface area contributed by atoms with Crippen molar-refractivity contribution in [3.05, 3.63) is 23.8 Å². The molecule has 0 spiro atoms. The van der Waals surface area contributed by atoms with Crippen molar-refractivity contribution in [3.8, 4) is 11.5 Å². The van der Waals surface area contributed by atoms with Gasteiger partial charge in [0.1, 0.15) is 11.5 Å². The standard InChI is InChI=1S/C15H24N2O2/c1-10-4-15(12(8-16)9-17-10)11-5-13(18-2)7-14(6-11)19-3/h5-7,10,12,15,17H,4,8-9,16H2,1-3H3. The molecule has 0 bridgehead atoms. The maximum Gasteiger partial charge on any atom is 0.122 e. The third kappa shape index (κ3) is 3.19. The van der Waals surface area contributed by atoms with Gasteiger partial charge in [-0.05, 0) is 56.0 Å². The van der Waals surface area contributed by atoms with Gasteiger partial charge in [0.15, 0.2) is 0 Å².